The first-order valence-corrected chi connectivity index (χ1v) is 23.6. The molecule has 0 aliphatic carbocycles. The molecule has 10 heteroatoms. The minimum Gasteiger partial charge on any atom is -0.462 e. The topological polar surface area (TPSA) is 108 Å². The lowest BCUT2D eigenvalue weighted by Crippen LogP contribution is -2.37. The smallest absolute Gasteiger partial charge is 0.462 e. The second kappa shape index (κ2) is 37.1. The molecule has 0 aliphatic heterocycles. The van der Waals surface area contributed by atoms with E-state index >= 15 is 0 Å². The molecule has 0 aromatic rings. The molecule has 1 unspecified atom stereocenters. The molecular formula is C44H85NO8P+. The highest BCUT2D eigenvalue weighted by molar-refractivity contribution is 7.47. The number of carbonyl (C=O) groups is 2. The van der Waals surface area contributed by atoms with Gasteiger partial charge in [-0.1, -0.05) is 167 Å². The first kappa shape index (κ1) is 52.5. The number of nitrogens with zero attached hydrogens (tertiary/aromatic N) is 1. The molecule has 9 nitrogen and oxygen atoms in total. The summed E-state index contributed by atoms with van der Waals surface area (Å²) in [4.78, 5) is 35.3. The van der Waals surface area contributed by atoms with Crippen LogP contribution in [0, 0.1) is 0 Å². The van der Waals surface area contributed by atoms with E-state index in [1.165, 1.54) is 103 Å². The van der Waals surface area contributed by atoms with E-state index < -0.39 is 26.5 Å². The molecule has 2 atom stereocenters. The fraction of sp³-hybridized carbons (Fsp3) is 0.864. The highest BCUT2D eigenvalue weighted by Gasteiger charge is 2.27. The quantitative estimate of drug-likeness (QED) is 0.0215. The molecule has 54 heavy (non-hydrogen) atoms. The third-order valence-electron chi connectivity index (χ3n) is 9.51. The van der Waals surface area contributed by atoms with Gasteiger partial charge in [0.2, 0.25) is 0 Å². The maximum absolute atomic E-state index is 12.7. The van der Waals surface area contributed by atoms with Crippen LogP contribution in [0.2, 0.25) is 0 Å². The Labute approximate surface area is 332 Å². The molecule has 0 radical (unpaired) electrons. The Balaban J connectivity index is 4.37. The predicted octanol–water partition coefficient (Wildman–Crippen LogP) is 12.4. The maximum atomic E-state index is 12.7. The van der Waals surface area contributed by atoms with Crippen molar-refractivity contribution in [3.63, 3.8) is 0 Å². The Morgan fingerprint density at radius 1 is 0.574 bits per heavy atom. The Morgan fingerprint density at radius 2 is 0.981 bits per heavy atom. The van der Waals surface area contributed by atoms with Crippen molar-refractivity contribution in [2.45, 2.75) is 200 Å². The monoisotopic (exact) mass is 787 g/mol. The summed E-state index contributed by atoms with van der Waals surface area (Å²) in [6.45, 7) is 4.40. The summed E-state index contributed by atoms with van der Waals surface area (Å²) in [5.41, 5.74) is 0. The zero-order valence-electron chi connectivity index (χ0n) is 35.7. The van der Waals surface area contributed by atoms with Crippen molar-refractivity contribution < 1.29 is 42.1 Å². The van der Waals surface area contributed by atoms with E-state index in [1.807, 2.05) is 21.1 Å². The van der Waals surface area contributed by atoms with Gasteiger partial charge in [-0.25, -0.2) is 4.57 Å². The number of rotatable bonds is 40. The largest absolute Gasteiger partial charge is 0.472 e. The number of unbranched alkanes of at least 4 members (excludes halogenated alkanes) is 23. The number of quaternary nitrogens is 1. The van der Waals surface area contributed by atoms with Crippen molar-refractivity contribution >= 4 is 19.8 Å². The van der Waals surface area contributed by atoms with Gasteiger partial charge < -0.3 is 18.9 Å². The van der Waals surface area contributed by atoms with Crippen molar-refractivity contribution in [1.82, 2.24) is 0 Å². The van der Waals surface area contributed by atoms with Crippen LogP contribution in [-0.4, -0.2) is 74.9 Å². The molecule has 0 aromatic carbocycles. The van der Waals surface area contributed by atoms with E-state index in [-0.39, 0.29) is 32.0 Å². The van der Waals surface area contributed by atoms with Crippen LogP contribution in [0.15, 0.2) is 24.3 Å². The molecular weight excluding hydrogens is 701 g/mol. The lowest BCUT2D eigenvalue weighted by atomic mass is 10.0. The Kier molecular flexibility index (Phi) is 36.1. The number of phosphoric acid groups is 1. The fourth-order valence-corrected chi connectivity index (χ4v) is 6.75. The first-order chi connectivity index (χ1) is 26.0. The molecule has 318 valence electrons. The molecule has 0 saturated heterocycles. The van der Waals surface area contributed by atoms with E-state index in [0.29, 0.717) is 17.4 Å². The van der Waals surface area contributed by atoms with Gasteiger partial charge in [0.05, 0.1) is 27.7 Å². The van der Waals surface area contributed by atoms with Crippen molar-refractivity contribution in [3.05, 3.63) is 24.3 Å². The molecule has 0 spiro atoms. The molecule has 0 rings (SSSR count). The van der Waals surface area contributed by atoms with Gasteiger partial charge in [0.1, 0.15) is 19.8 Å². The number of hydrogen-bond donors (Lipinski definition) is 1. The van der Waals surface area contributed by atoms with Crippen LogP contribution in [0.3, 0.4) is 0 Å². The van der Waals surface area contributed by atoms with Crippen LogP contribution < -0.4 is 0 Å². The normalized spacial score (nSPS) is 13.8. The Hall–Kier alpha value is -1.51. The Morgan fingerprint density at radius 3 is 1.44 bits per heavy atom. The van der Waals surface area contributed by atoms with Gasteiger partial charge in [-0.15, -0.1) is 0 Å². The van der Waals surface area contributed by atoms with Gasteiger partial charge in [-0.3, -0.25) is 18.6 Å². The van der Waals surface area contributed by atoms with Gasteiger partial charge in [-0.2, -0.15) is 0 Å². The first-order valence-electron chi connectivity index (χ1n) is 22.1. The second-order valence-electron chi connectivity index (χ2n) is 16.1. The van der Waals surface area contributed by atoms with Gasteiger partial charge in [0, 0.05) is 12.8 Å². The van der Waals surface area contributed by atoms with E-state index in [0.717, 1.165) is 57.8 Å². The lowest BCUT2D eigenvalue weighted by molar-refractivity contribution is -0.870. The lowest BCUT2D eigenvalue weighted by Gasteiger charge is -2.24. The van der Waals surface area contributed by atoms with Gasteiger partial charge in [0.25, 0.3) is 0 Å². The van der Waals surface area contributed by atoms with Crippen LogP contribution >= 0.6 is 7.82 Å². The van der Waals surface area contributed by atoms with Crippen LogP contribution in [-0.2, 0) is 32.7 Å². The second-order valence-corrected chi connectivity index (χ2v) is 17.6. The minimum absolute atomic E-state index is 0.0310. The van der Waals surface area contributed by atoms with E-state index in [4.69, 9.17) is 18.5 Å². The summed E-state index contributed by atoms with van der Waals surface area (Å²) in [6.07, 6.45) is 39.3. The number of esters is 2. The zero-order valence-corrected chi connectivity index (χ0v) is 36.6. The van der Waals surface area contributed by atoms with Crippen LogP contribution in [0.4, 0.5) is 0 Å². The molecule has 0 bridgehead atoms. The molecule has 0 amide bonds. The zero-order chi connectivity index (χ0) is 40.0. The average Bonchev–Trinajstić information content (AvgIpc) is 3.12. The maximum Gasteiger partial charge on any atom is 0.472 e. The highest BCUT2D eigenvalue weighted by atomic mass is 31.2. The van der Waals surface area contributed by atoms with Gasteiger partial charge >= 0.3 is 19.8 Å². The van der Waals surface area contributed by atoms with Crippen LogP contribution in [0.5, 0.6) is 0 Å². The predicted molar refractivity (Wildman–Crippen MR) is 224 cm³/mol. The highest BCUT2D eigenvalue weighted by Crippen LogP contribution is 2.43. The summed E-state index contributed by atoms with van der Waals surface area (Å²) in [5, 5.41) is 0. The van der Waals surface area contributed by atoms with E-state index in [1.54, 1.807) is 0 Å². The number of hydrogen-bond acceptors (Lipinski definition) is 7. The number of carbonyl (C=O) groups excluding carboxylic acids is 2. The van der Waals surface area contributed by atoms with Crippen molar-refractivity contribution in [3.8, 4) is 0 Å². The van der Waals surface area contributed by atoms with Gasteiger partial charge in [-0.05, 0) is 38.5 Å². The summed E-state index contributed by atoms with van der Waals surface area (Å²) in [5.74, 6) is -0.810. The molecule has 1 N–H and O–H groups in total. The molecule has 0 heterocycles. The Bertz CT molecular complexity index is 980. The molecule has 0 saturated carbocycles. The van der Waals surface area contributed by atoms with Crippen molar-refractivity contribution in [1.29, 1.82) is 0 Å². The molecule has 0 fully saturated rings. The number of phosphoric ester groups is 1. The number of ether oxygens (including phenoxy) is 2. The fourth-order valence-electron chi connectivity index (χ4n) is 6.00. The molecule has 0 aliphatic rings. The van der Waals surface area contributed by atoms with E-state index in [9.17, 15) is 19.0 Å². The van der Waals surface area contributed by atoms with Crippen LogP contribution in [0.1, 0.15) is 194 Å². The van der Waals surface area contributed by atoms with E-state index in [2.05, 4.69) is 38.2 Å². The summed E-state index contributed by atoms with van der Waals surface area (Å²) in [6, 6.07) is 0. The SMILES string of the molecule is CCCCCC/C=C/C=C/CCCCCCCC(=O)OC[C@H](COP(=O)(O)OCC[N+](C)(C)C)OC(=O)CCCCCCCCCCCCCCCCC. The van der Waals surface area contributed by atoms with Crippen molar-refractivity contribution in [2.75, 3.05) is 47.5 Å². The third-order valence-corrected chi connectivity index (χ3v) is 10.5. The summed E-state index contributed by atoms with van der Waals surface area (Å²) < 4.78 is 34.3. The minimum atomic E-state index is -4.37. The average molecular weight is 787 g/mol. The number of likely N-dealkylation sites (N-methyl/N-ethyl adjacent to an activating group) is 1. The van der Waals surface area contributed by atoms with Crippen LogP contribution in [0.25, 0.3) is 0 Å². The van der Waals surface area contributed by atoms with Gasteiger partial charge in [0.15, 0.2) is 6.10 Å². The summed E-state index contributed by atoms with van der Waals surface area (Å²) >= 11 is 0. The summed E-state index contributed by atoms with van der Waals surface area (Å²) in [7, 11) is 1.47. The van der Waals surface area contributed by atoms with Crippen molar-refractivity contribution in [2.24, 2.45) is 0 Å². The molecule has 0 aromatic heterocycles. The number of allylic oxidation sites excluding steroid dienone is 4. The standard InChI is InChI=1S/C44H84NO8P/c1-6-8-10-12-14-16-18-20-22-24-26-28-30-32-34-36-43(46)50-40-42(41-52-54(48,49)51-39-38-45(3,4)5)53-44(47)37-35-33-31-29-27-25-23-21-19-17-15-13-11-9-7-2/h16,18,20,22,42H,6-15,17,19,21,23-41H2,1-5H3/p+1/b18-16+,22-20+/t42-/m1/s1. The third kappa shape index (κ3) is 40.2.